The number of nitro groups is 1. The molecule has 0 amide bonds. The molecule has 0 heterocycles. The van der Waals surface area contributed by atoms with Gasteiger partial charge >= 0.3 is 0 Å². The molecule has 3 nitrogen and oxygen atoms in total. The van der Waals surface area contributed by atoms with Crippen LogP contribution in [-0.2, 0) is 12.8 Å². The molecule has 3 heteroatoms. The Morgan fingerprint density at radius 2 is 1.93 bits per heavy atom. The SMILES string of the molecule is O=[N+]([O-])c1cccc2c1CCCCC2. The second-order valence-corrected chi connectivity index (χ2v) is 3.73. The van der Waals surface area contributed by atoms with E-state index in [1.165, 1.54) is 12.0 Å². The molecule has 1 aliphatic carbocycles. The first-order valence-corrected chi connectivity index (χ1v) is 5.04. The molecule has 0 N–H and O–H groups in total. The molecule has 74 valence electrons. The number of rotatable bonds is 1. The average Bonchev–Trinajstić information content (AvgIpc) is 2.41. The second-order valence-electron chi connectivity index (χ2n) is 3.73. The predicted molar refractivity (Wildman–Crippen MR) is 54.4 cm³/mol. The zero-order valence-corrected chi connectivity index (χ0v) is 8.03. The fourth-order valence-electron chi connectivity index (χ4n) is 2.11. The number of nitrogens with zero attached hydrogens (tertiary/aromatic N) is 1. The first-order chi connectivity index (χ1) is 6.79. The minimum Gasteiger partial charge on any atom is -0.258 e. The molecule has 14 heavy (non-hydrogen) atoms. The molecule has 0 spiro atoms. The van der Waals surface area contributed by atoms with Gasteiger partial charge in [-0.3, -0.25) is 10.1 Å². The summed E-state index contributed by atoms with van der Waals surface area (Å²) in [7, 11) is 0. The lowest BCUT2D eigenvalue weighted by molar-refractivity contribution is -0.385. The van der Waals surface area contributed by atoms with Crippen molar-refractivity contribution in [3.63, 3.8) is 0 Å². The van der Waals surface area contributed by atoms with Crippen molar-refractivity contribution >= 4 is 5.69 Å². The molecule has 2 rings (SSSR count). The van der Waals surface area contributed by atoms with Gasteiger partial charge in [0.15, 0.2) is 0 Å². The Morgan fingerprint density at radius 3 is 2.71 bits per heavy atom. The molecule has 0 saturated carbocycles. The molecular formula is C11H13NO2. The second kappa shape index (κ2) is 3.78. The van der Waals surface area contributed by atoms with Crippen LogP contribution in [0.15, 0.2) is 18.2 Å². The number of aryl methyl sites for hydroxylation is 1. The van der Waals surface area contributed by atoms with Gasteiger partial charge in [-0.1, -0.05) is 18.6 Å². The monoisotopic (exact) mass is 191 g/mol. The number of hydrogen-bond acceptors (Lipinski definition) is 2. The summed E-state index contributed by atoms with van der Waals surface area (Å²) in [5.74, 6) is 0. The third-order valence-corrected chi connectivity index (χ3v) is 2.82. The molecule has 0 fully saturated rings. The molecule has 0 radical (unpaired) electrons. The summed E-state index contributed by atoms with van der Waals surface area (Å²) < 4.78 is 0. The molecule has 1 aromatic carbocycles. The van der Waals surface area contributed by atoms with Crippen LogP contribution in [0, 0.1) is 10.1 Å². The number of hydrogen-bond donors (Lipinski definition) is 0. The van der Waals surface area contributed by atoms with Crippen molar-refractivity contribution in [2.75, 3.05) is 0 Å². The third kappa shape index (κ3) is 1.62. The maximum Gasteiger partial charge on any atom is 0.272 e. The summed E-state index contributed by atoms with van der Waals surface area (Å²) in [6.45, 7) is 0. The van der Waals surface area contributed by atoms with Crippen molar-refractivity contribution in [1.82, 2.24) is 0 Å². The van der Waals surface area contributed by atoms with E-state index in [9.17, 15) is 10.1 Å². The van der Waals surface area contributed by atoms with E-state index in [4.69, 9.17) is 0 Å². The summed E-state index contributed by atoms with van der Waals surface area (Å²) in [6, 6.07) is 5.43. The maximum atomic E-state index is 10.8. The van der Waals surface area contributed by atoms with Gasteiger partial charge in [0.05, 0.1) is 4.92 Å². The molecule has 0 bridgehead atoms. The van der Waals surface area contributed by atoms with E-state index < -0.39 is 0 Å². The van der Waals surface area contributed by atoms with E-state index in [0.29, 0.717) is 5.69 Å². The van der Waals surface area contributed by atoms with Gasteiger partial charge in [0.25, 0.3) is 5.69 Å². The van der Waals surface area contributed by atoms with Crippen LogP contribution in [0.5, 0.6) is 0 Å². The van der Waals surface area contributed by atoms with Gasteiger partial charge in [-0.2, -0.15) is 0 Å². The maximum absolute atomic E-state index is 10.8. The van der Waals surface area contributed by atoms with E-state index >= 15 is 0 Å². The van der Waals surface area contributed by atoms with Gasteiger partial charge in [0.2, 0.25) is 0 Å². The highest BCUT2D eigenvalue weighted by molar-refractivity contribution is 5.46. The van der Waals surface area contributed by atoms with Crippen LogP contribution < -0.4 is 0 Å². The first kappa shape index (κ1) is 9.19. The van der Waals surface area contributed by atoms with E-state index in [-0.39, 0.29) is 4.92 Å². The Balaban J connectivity index is 2.47. The van der Waals surface area contributed by atoms with Crippen molar-refractivity contribution in [2.24, 2.45) is 0 Å². The van der Waals surface area contributed by atoms with E-state index in [1.807, 2.05) is 6.07 Å². The van der Waals surface area contributed by atoms with E-state index in [2.05, 4.69) is 0 Å². The standard InChI is InChI=1S/C11H13NO2/c13-12(14)11-8-4-6-9-5-2-1-3-7-10(9)11/h4,6,8H,1-3,5,7H2. The van der Waals surface area contributed by atoms with Crippen LogP contribution in [-0.4, -0.2) is 4.92 Å². The molecule has 1 aromatic rings. The van der Waals surface area contributed by atoms with Gasteiger partial charge in [-0.15, -0.1) is 0 Å². The van der Waals surface area contributed by atoms with Crippen LogP contribution in [0.25, 0.3) is 0 Å². The van der Waals surface area contributed by atoms with Crippen molar-refractivity contribution in [2.45, 2.75) is 32.1 Å². The number of benzene rings is 1. The van der Waals surface area contributed by atoms with Crippen molar-refractivity contribution < 1.29 is 4.92 Å². The lowest BCUT2D eigenvalue weighted by Crippen LogP contribution is -1.98. The first-order valence-electron chi connectivity index (χ1n) is 5.04. The normalized spacial score (nSPS) is 15.7. The van der Waals surface area contributed by atoms with Crippen LogP contribution in [0.3, 0.4) is 0 Å². The Bertz CT molecular complexity index is 360. The largest absolute Gasteiger partial charge is 0.272 e. The van der Waals surface area contributed by atoms with Crippen LogP contribution in [0.4, 0.5) is 5.69 Å². The van der Waals surface area contributed by atoms with Gasteiger partial charge in [0.1, 0.15) is 0 Å². The van der Waals surface area contributed by atoms with Gasteiger partial charge < -0.3 is 0 Å². The van der Waals surface area contributed by atoms with Crippen molar-refractivity contribution in [3.8, 4) is 0 Å². The molecule has 0 unspecified atom stereocenters. The number of fused-ring (bicyclic) bond motifs is 1. The average molecular weight is 191 g/mol. The fraction of sp³-hybridized carbons (Fsp3) is 0.455. The van der Waals surface area contributed by atoms with E-state index in [0.717, 1.165) is 31.2 Å². The Kier molecular flexibility index (Phi) is 2.48. The Hall–Kier alpha value is -1.38. The van der Waals surface area contributed by atoms with Crippen LogP contribution >= 0.6 is 0 Å². The smallest absolute Gasteiger partial charge is 0.258 e. The minimum absolute atomic E-state index is 0.260. The van der Waals surface area contributed by atoms with Crippen molar-refractivity contribution in [1.29, 1.82) is 0 Å². The fourth-order valence-corrected chi connectivity index (χ4v) is 2.11. The summed E-state index contributed by atoms with van der Waals surface area (Å²) >= 11 is 0. The van der Waals surface area contributed by atoms with Crippen molar-refractivity contribution in [3.05, 3.63) is 39.4 Å². The molecule has 0 aromatic heterocycles. The zero-order chi connectivity index (χ0) is 9.97. The highest BCUT2D eigenvalue weighted by Crippen LogP contribution is 2.28. The lowest BCUT2D eigenvalue weighted by atomic mass is 10.0. The highest BCUT2D eigenvalue weighted by atomic mass is 16.6. The summed E-state index contributed by atoms with van der Waals surface area (Å²) in [5.41, 5.74) is 2.45. The molecule has 0 aliphatic heterocycles. The summed E-state index contributed by atoms with van der Waals surface area (Å²) in [5, 5.41) is 10.8. The third-order valence-electron chi connectivity index (χ3n) is 2.82. The molecule has 0 atom stereocenters. The number of nitro benzene ring substituents is 1. The summed E-state index contributed by atoms with van der Waals surface area (Å²) in [6.07, 6.45) is 5.29. The molecule has 0 saturated heterocycles. The van der Waals surface area contributed by atoms with Crippen LogP contribution in [0.1, 0.15) is 30.4 Å². The Labute approximate surface area is 82.9 Å². The van der Waals surface area contributed by atoms with Crippen LogP contribution in [0.2, 0.25) is 0 Å². The topological polar surface area (TPSA) is 43.1 Å². The van der Waals surface area contributed by atoms with Gasteiger partial charge in [-0.05, 0) is 31.2 Å². The molecule has 1 aliphatic rings. The zero-order valence-electron chi connectivity index (χ0n) is 8.03. The van der Waals surface area contributed by atoms with E-state index in [1.54, 1.807) is 12.1 Å². The minimum atomic E-state index is -0.260. The summed E-state index contributed by atoms with van der Waals surface area (Å²) in [4.78, 5) is 10.5. The predicted octanol–water partition coefficient (Wildman–Crippen LogP) is 2.86. The quantitative estimate of drug-likeness (QED) is 0.389. The lowest BCUT2D eigenvalue weighted by Gasteiger charge is -2.04. The Morgan fingerprint density at radius 1 is 1.14 bits per heavy atom. The van der Waals surface area contributed by atoms with Gasteiger partial charge in [-0.25, -0.2) is 0 Å². The molecular weight excluding hydrogens is 178 g/mol. The van der Waals surface area contributed by atoms with Gasteiger partial charge in [0, 0.05) is 11.6 Å². The highest BCUT2D eigenvalue weighted by Gasteiger charge is 2.18.